The summed E-state index contributed by atoms with van der Waals surface area (Å²) in [6.45, 7) is 0. The van der Waals surface area contributed by atoms with Gasteiger partial charge in [-0.1, -0.05) is 152 Å². The quantitative estimate of drug-likeness (QED) is 0.173. The van der Waals surface area contributed by atoms with E-state index < -0.39 is 0 Å². The second-order valence-corrected chi connectivity index (χ2v) is 18.3. The molecular formula is C60H37N3O2S. The summed E-state index contributed by atoms with van der Waals surface area (Å²) in [6.07, 6.45) is -0.362. The van der Waals surface area contributed by atoms with Gasteiger partial charge in [-0.05, 0) is 92.3 Å². The Labute approximate surface area is 382 Å². The summed E-state index contributed by atoms with van der Waals surface area (Å²) in [7, 11) is 2.14. The highest BCUT2D eigenvalue weighted by Gasteiger charge is 2.30. The lowest BCUT2D eigenvalue weighted by atomic mass is 9.91. The van der Waals surface area contributed by atoms with Crippen molar-refractivity contribution in [1.29, 1.82) is 0 Å². The molecule has 0 aliphatic carbocycles. The summed E-state index contributed by atoms with van der Waals surface area (Å²) in [5, 5.41) is 11.5. The van der Waals surface area contributed by atoms with Crippen molar-refractivity contribution in [3.63, 3.8) is 0 Å². The van der Waals surface area contributed by atoms with Crippen LogP contribution in [-0.2, 0) is 0 Å². The molecule has 0 fully saturated rings. The van der Waals surface area contributed by atoms with Crippen molar-refractivity contribution < 1.29 is 8.83 Å². The molecule has 0 bridgehead atoms. The number of benzene rings is 10. The molecule has 0 amide bonds. The number of amidine groups is 2. The fourth-order valence-electron chi connectivity index (χ4n) is 10.5. The van der Waals surface area contributed by atoms with Crippen LogP contribution in [0, 0.1) is 0 Å². The van der Waals surface area contributed by atoms with Crippen LogP contribution in [0.2, 0.25) is 0 Å². The molecule has 0 saturated heterocycles. The van der Waals surface area contributed by atoms with Crippen LogP contribution in [0.4, 0.5) is 0 Å². The first-order valence-electron chi connectivity index (χ1n) is 22.3. The van der Waals surface area contributed by atoms with Gasteiger partial charge in [-0.25, -0.2) is 9.98 Å². The number of furan rings is 2. The maximum atomic E-state index is 6.73. The molecule has 6 heteroatoms. The van der Waals surface area contributed by atoms with Gasteiger partial charge >= 0.3 is 0 Å². The van der Waals surface area contributed by atoms with E-state index in [0.717, 1.165) is 111 Å². The molecule has 10 aromatic carbocycles. The summed E-state index contributed by atoms with van der Waals surface area (Å²) in [5.41, 5.74) is 11.1. The van der Waals surface area contributed by atoms with E-state index in [4.69, 9.17) is 18.8 Å². The van der Waals surface area contributed by atoms with Crippen LogP contribution in [0.1, 0.15) is 22.9 Å². The highest BCUT2D eigenvalue weighted by Crippen LogP contribution is 2.45. The molecule has 310 valence electrons. The second kappa shape index (κ2) is 14.3. The number of hydrogen-bond acceptors (Lipinski definition) is 6. The fourth-order valence-corrected chi connectivity index (χ4v) is 11.6. The monoisotopic (exact) mass is 863 g/mol. The van der Waals surface area contributed by atoms with Crippen LogP contribution in [0.25, 0.3) is 108 Å². The molecule has 5 nitrogen and oxygen atoms in total. The lowest BCUT2D eigenvalue weighted by Gasteiger charge is -2.33. The first-order chi connectivity index (χ1) is 32.6. The van der Waals surface area contributed by atoms with Crippen LogP contribution in [0.15, 0.2) is 219 Å². The van der Waals surface area contributed by atoms with Crippen molar-refractivity contribution in [3.8, 4) is 22.3 Å². The van der Waals surface area contributed by atoms with Crippen molar-refractivity contribution in [2.24, 2.45) is 9.98 Å². The number of para-hydroxylation sites is 1. The fraction of sp³-hybridized carbons (Fsp3) is 0.0333. The Morgan fingerprint density at radius 2 is 1.06 bits per heavy atom. The van der Waals surface area contributed by atoms with Gasteiger partial charge in [-0.15, -0.1) is 11.3 Å². The highest BCUT2D eigenvalue weighted by atomic mass is 32.1. The lowest BCUT2D eigenvalue weighted by Crippen LogP contribution is -2.36. The smallest absolute Gasteiger partial charge is 0.159 e. The van der Waals surface area contributed by atoms with Gasteiger partial charge in [0.1, 0.15) is 28.2 Å². The van der Waals surface area contributed by atoms with Crippen molar-refractivity contribution in [2.45, 2.75) is 6.17 Å². The van der Waals surface area contributed by atoms with Crippen LogP contribution in [0.3, 0.4) is 0 Å². The Bertz CT molecular complexity index is 4230. The molecule has 0 N–H and O–H groups in total. The van der Waals surface area contributed by atoms with Gasteiger partial charge in [-0.3, -0.25) is 0 Å². The predicted molar refractivity (Wildman–Crippen MR) is 276 cm³/mol. The summed E-state index contributed by atoms with van der Waals surface area (Å²) in [5.74, 6) is 1.61. The number of hydrogen-bond donors (Lipinski definition) is 0. The molecule has 1 aliphatic rings. The van der Waals surface area contributed by atoms with E-state index in [-0.39, 0.29) is 6.17 Å². The first-order valence-corrected chi connectivity index (χ1v) is 23.1. The third-order valence-electron chi connectivity index (χ3n) is 13.5. The summed E-state index contributed by atoms with van der Waals surface area (Å²) < 4.78 is 15.5. The van der Waals surface area contributed by atoms with Gasteiger partial charge in [0.2, 0.25) is 0 Å². The Morgan fingerprint density at radius 1 is 0.424 bits per heavy atom. The van der Waals surface area contributed by atoms with E-state index in [1.807, 2.05) is 29.5 Å². The van der Waals surface area contributed by atoms with Gasteiger partial charge < -0.3 is 13.7 Å². The molecule has 1 atom stereocenters. The predicted octanol–water partition coefficient (Wildman–Crippen LogP) is 16.3. The van der Waals surface area contributed by atoms with Gasteiger partial charge in [0.25, 0.3) is 0 Å². The summed E-state index contributed by atoms with van der Waals surface area (Å²) in [4.78, 5) is 13.3. The molecule has 13 aromatic rings. The van der Waals surface area contributed by atoms with Gasteiger partial charge in [0.05, 0.1) is 0 Å². The van der Waals surface area contributed by atoms with Crippen molar-refractivity contribution in [3.05, 3.63) is 217 Å². The standard InChI is InChI=1S/C60H37N3O2S/c1-63-59(61-58(38-28-27-35-13-2-3-14-36(35)33-38)62-60(63)48-21-12-26-54-57(48)47-18-7-9-25-53(47)66-54)44-32-31-42(40-15-4-5-16-41(40)44)43-20-11-24-51-56(43)46-30-29-37(34-52(46)65-51)39-19-10-23-50-55(39)45-17-6-8-22-49(45)64-50/h2-34,59H,1H3. The van der Waals surface area contributed by atoms with Gasteiger partial charge in [0, 0.05) is 65.5 Å². The summed E-state index contributed by atoms with van der Waals surface area (Å²) in [6, 6.07) is 71.2. The second-order valence-electron chi connectivity index (χ2n) is 17.2. The van der Waals surface area contributed by atoms with Gasteiger partial charge in [0.15, 0.2) is 12.0 Å². The molecule has 3 aromatic heterocycles. The van der Waals surface area contributed by atoms with Crippen LogP contribution >= 0.6 is 11.3 Å². The lowest BCUT2D eigenvalue weighted by molar-refractivity contribution is 0.385. The number of nitrogens with zero attached hydrogens (tertiary/aromatic N) is 3. The Hall–Kier alpha value is -8.32. The molecule has 66 heavy (non-hydrogen) atoms. The largest absolute Gasteiger partial charge is 0.456 e. The van der Waals surface area contributed by atoms with E-state index in [1.54, 1.807) is 0 Å². The summed E-state index contributed by atoms with van der Waals surface area (Å²) >= 11 is 1.83. The SMILES string of the molecule is CN1C(c2cccc3sc4ccccc4c23)=NC(c2ccc3ccccc3c2)=NC1c1ccc(-c2cccc3oc4cc(-c5cccc6oc7ccccc7c56)ccc4c23)c2ccccc12. The topological polar surface area (TPSA) is 54.2 Å². The molecule has 0 spiro atoms. The highest BCUT2D eigenvalue weighted by molar-refractivity contribution is 7.25. The van der Waals surface area contributed by atoms with Crippen molar-refractivity contribution in [2.75, 3.05) is 7.05 Å². The third kappa shape index (κ3) is 5.58. The van der Waals surface area contributed by atoms with E-state index in [2.05, 4.69) is 194 Å². The van der Waals surface area contributed by atoms with E-state index in [9.17, 15) is 0 Å². The van der Waals surface area contributed by atoms with Crippen LogP contribution in [-0.4, -0.2) is 23.6 Å². The zero-order valence-electron chi connectivity index (χ0n) is 35.7. The average molecular weight is 864 g/mol. The molecule has 0 saturated carbocycles. The zero-order valence-corrected chi connectivity index (χ0v) is 36.5. The molecule has 1 aliphatic heterocycles. The minimum atomic E-state index is -0.362. The minimum absolute atomic E-state index is 0.362. The maximum absolute atomic E-state index is 6.73. The first kappa shape index (κ1) is 37.1. The molecular weight excluding hydrogens is 827 g/mol. The number of aliphatic imine (C=N–C) groups is 2. The zero-order chi connectivity index (χ0) is 43.5. The number of fused-ring (bicyclic) bond motifs is 11. The van der Waals surface area contributed by atoms with Gasteiger partial charge in [-0.2, -0.15) is 0 Å². The Balaban J connectivity index is 0.929. The molecule has 0 radical (unpaired) electrons. The molecule has 14 rings (SSSR count). The Morgan fingerprint density at radius 3 is 1.94 bits per heavy atom. The van der Waals surface area contributed by atoms with Crippen molar-refractivity contribution >= 4 is 109 Å². The molecule has 4 heterocycles. The van der Waals surface area contributed by atoms with Crippen molar-refractivity contribution in [1.82, 2.24) is 4.90 Å². The number of thiophene rings is 1. The van der Waals surface area contributed by atoms with E-state index >= 15 is 0 Å². The minimum Gasteiger partial charge on any atom is -0.456 e. The normalized spacial score (nSPS) is 14.4. The average Bonchev–Trinajstić information content (AvgIpc) is 4.07. The third-order valence-corrected chi connectivity index (χ3v) is 14.7. The Kier molecular flexibility index (Phi) is 8.06. The molecule has 1 unspecified atom stereocenters. The van der Waals surface area contributed by atoms with Crippen LogP contribution < -0.4 is 0 Å². The van der Waals surface area contributed by atoms with E-state index in [1.165, 1.54) is 25.6 Å². The number of rotatable bonds is 5. The maximum Gasteiger partial charge on any atom is 0.159 e. The van der Waals surface area contributed by atoms with Crippen LogP contribution in [0.5, 0.6) is 0 Å². The van der Waals surface area contributed by atoms with E-state index in [0.29, 0.717) is 0 Å².